The minimum atomic E-state index is -0.894. The average Bonchev–Trinajstić information content (AvgIpc) is 3.59. The van der Waals surface area contributed by atoms with Gasteiger partial charge in [-0.2, -0.15) is 0 Å². The number of aryl methyl sites for hydroxylation is 1. The van der Waals surface area contributed by atoms with Crippen molar-refractivity contribution in [2.45, 2.75) is 78.2 Å². The van der Waals surface area contributed by atoms with Gasteiger partial charge in [0.2, 0.25) is 11.8 Å². The molecule has 2 unspecified atom stereocenters. The van der Waals surface area contributed by atoms with Crippen molar-refractivity contribution in [1.29, 1.82) is 0 Å². The maximum absolute atomic E-state index is 14.0. The minimum Gasteiger partial charge on any atom is -0.391 e. The van der Waals surface area contributed by atoms with Crippen molar-refractivity contribution in [1.82, 2.24) is 25.8 Å². The molecule has 0 radical (unpaired) electrons. The Balaban J connectivity index is 1.28. The van der Waals surface area contributed by atoms with Crippen LogP contribution in [0.1, 0.15) is 72.9 Å². The fourth-order valence-corrected chi connectivity index (χ4v) is 6.66. The van der Waals surface area contributed by atoms with Crippen molar-refractivity contribution in [3.05, 3.63) is 75.9 Å². The monoisotopic (exact) mass is 603 g/mol. The summed E-state index contributed by atoms with van der Waals surface area (Å²) in [6.07, 6.45) is 0.218. The maximum atomic E-state index is 14.0. The zero-order chi connectivity index (χ0) is 30.9. The third-order valence-corrected chi connectivity index (χ3v) is 9.36. The highest BCUT2D eigenvalue weighted by Gasteiger charge is 2.44. The molecule has 0 aliphatic carbocycles. The van der Waals surface area contributed by atoms with E-state index in [0.717, 1.165) is 40.2 Å². The van der Waals surface area contributed by atoms with E-state index in [0.29, 0.717) is 12.1 Å². The van der Waals surface area contributed by atoms with Gasteiger partial charge in [0, 0.05) is 25.1 Å². The van der Waals surface area contributed by atoms with Gasteiger partial charge in [-0.15, -0.1) is 11.3 Å². The lowest BCUT2D eigenvalue weighted by molar-refractivity contribution is -0.142. The Bertz CT molecular complexity index is 1500. The van der Waals surface area contributed by atoms with Gasteiger partial charge in [-0.1, -0.05) is 51.1 Å². The van der Waals surface area contributed by atoms with Gasteiger partial charge in [0.1, 0.15) is 12.1 Å². The highest BCUT2D eigenvalue weighted by Crippen LogP contribution is 2.30. The Morgan fingerprint density at radius 3 is 2.51 bits per heavy atom. The number of carbonyl (C=O) groups is 3. The summed E-state index contributed by atoms with van der Waals surface area (Å²) in [6.45, 7) is 11.2. The summed E-state index contributed by atoms with van der Waals surface area (Å²) in [4.78, 5) is 47.7. The fraction of sp³-hybridized carbons (Fsp3) is 0.455. The Morgan fingerprint density at radius 1 is 1.09 bits per heavy atom. The highest BCUT2D eigenvalue weighted by atomic mass is 32.1. The molecule has 0 bridgehead atoms. The molecule has 9 nitrogen and oxygen atoms in total. The second kappa shape index (κ2) is 12.6. The van der Waals surface area contributed by atoms with Crippen LogP contribution >= 0.6 is 11.3 Å². The molecule has 5 rings (SSSR count). The molecule has 2 aliphatic heterocycles. The SMILES string of the molecule is Cc1ncsc1-c1ccc(C(C)NC(=O)[C@@H]2C[C@@H](O)CN2C(=O)C(NC(=O)c2ccc3c(c2)CNCC3)C(C)(C)C)cc1. The first kappa shape index (κ1) is 30.8. The van der Waals surface area contributed by atoms with Crippen LogP contribution in [0.5, 0.6) is 0 Å². The first-order chi connectivity index (χ1) is 20.4. The number of aromatic nitrogens is 1. The Morgan fingerprint density at radius 2 is 1.84 bits per heavy atom. The van der Waals surface area contributed by atoms with Gasteiger partial charge < -0.3 is 26.0 Å². The molecule has 1 aromatic heterocycles. The van der Waals surface area contributed by atoms with Crippen molar-refractivity contribution in [2.75, 3.05) is 13.1 Å². The lowest BCUT2D eigenvalue weighted by Crippen LogP contribution is -2.57. The number of thiazole rings is 1. The predicted molar refractivity (Wildman–Crippen MR) is 168 cm³/mol. The molecule has 1 saturated heterocycles. The molecule has 3 aromatic rings. The molecule has 2 aromatic carbocycles. The molecule has 0 spiro atoms. The quantitative estimate of drug-likeness (QED) is 0.326. The van der Waals surface area contributed by atoms with Gasteiger partial charge in [0.15, 0.2) is 0 Å². The van der Waals surface area contributed by atoms with Crippen LogP contribution in [-0.2, 0) is 22.6 Å². The van der Waals surface area contributed by atoms with Crippen molar-refractivity contribution in [3.63, 3.8) is 0 Å². The molecule has 2 aliphatic rings. The smallest absolute Gasteiger partial charge is 0.251 e. The average molecular weight is 604 g/mol. The van der Waals surface area contributed by atoms with Crippen molar-refractivity contribution in [3.8, 4) is 10.4 Å². The van der Waals surface area contributed by atoms with Crippen LogP contribution in [0, 0.1) is 12.3 Å². The number of fused-ring (bicyclic) bond motifs is 1. The molecule has 0 saturated carbocycles. The molecule has 4 N–H and O–H groups in total. The molecule has 10 heteroatoms. The van der Waals surface area contributed by atoms with Gasteiger partial charge in [-0.25, -0.2) is 4.98 Å². The van der Waals surface area contributed by atoms with E-state index >= 15 is 0 Å². The normalized spacial score (nSPS) is 19.8. The summed E-state index contributed by atoms with van der Waals surface area (Å²) >= 11 is 1.59. The van der Waals surface area contributed by atoms with E-state index in [-0.39, 0.29) is 36.7 Å². The molecule has 3 heterocycles. The van der Waals surface area contributed by atoms with Gasteiger partial charge in [0.05, 0.1) is 28.2 Å². The molecular formula is C33H41N5O4S. The Hall–Kier alpha value is -3.60. The number of carbonyl (C=O) groups excluding carboxylic acids is 3. The minimum absolute atomic E-state index is 0.0289. The Labute approximate surface area is 257 Å². The number of aliphatic hydroxyl groups is 1. The molecule has 1 fully saturated rings. The van der Waals surface area contributed by atoms with Crippen LogP contribution < -0.4 is 16.0 Å². The van der Waals surface area contributed by atoms with Crippen LogP contribution in [0.15, 0.2) is 48.0 Å². The predicted octanol–water partition coefficient (Wildman–Crippen LogP) is 3.75. The van der Waals surface area contributed by atoms with Crippen molar-refractivity contribution < 1.29 is 19.5 Å². The number of nitrogens with zero attached hydrogens (tertiary/aromatic N) is 2. The Kier molecular flexibility index (Phi) is 9.01. The summed E-state index contributed by atoms with van der Waals surface area (Å²) in [7, 11) is 0. The van der Waals surface area contributed by atoms with Crippen LogP contribution in [0.4, 0.5) is 0 Å². The standard InChI is InChI=1S/C33H41N5O4S/c1-19(21-6-9-23(10-7-21)28-20(2)35-18-43-28)36-31(41)27-15-26(39)17-38(27)32(42)29(33(3,4)5)37-30(40)24-11-8-22-12-13-34-16-25(22)14-24/h6-11,14,18-19,26-27,29,34,39H,12-13,15-17H2,1-5H3,(H,36,41)(H,37,40)/t19?,26-,27+,29?/m1/s1. The van der Waals surface area contributed by atoms with Crippen LogP contribution in [0.2, 0.25) is 0 Å². The van der Waals surface area contributed by atoms with E-state index in [4.69, 9.17) is 0 Å². The number of nitrogens with one attached hydrogen (secondary N) is 3. The molecule has 228 valence electrons. The molecule has 4 atom stereocenters. The third-order valence-electron chi connectivity index (χ3n) is 8.39. The maximum Gasteiger partial charge on any atom is 0.251 e. The second-order valence-electron chi connectivity index (χ2n) is 12.7. The first-order valence-corrected chi connectivity index (χ1v) is 15.7. The van der Waals surface area contributed by atoms with Crippen LogP contribution in [-0.4, -0.2) is 64.0 Å². The summed E-state index contributed by atoms with van der Waals surface area (Å²) in [5.41, 5.74) is 6.96. The summed E-state index contributed by atoms with van der Waals surface area (Å²) in [6, 6.07) is 11.6. The third kappa shape index (κ3) is 6.82. The highest BCUT2D eigenvalue weighted by molar-refractivity contribution is 7.13. The molecule has 3 amide bonds. The number of benzene rings is 2. The zero-order valence-electron chi connectivity index (χ0n) is 25.4. The lowest BCUT2D eigenvalue weighted by atomic mass is 9.85. The van der Waals surface area contributed by atoms with Gasteiger partial charge in [-0.3, -0.25) is 14.4 Å². The summed E-state index contributed by atoms with van der Waals surface area (Å²) < 4.78 is 0. The topological polar surface area (TPSA) is 124 Å². The number of aliphatic hydroxyl groups excluding tert-OH is 1. The number of β-amino-alcohol motifs (C(OH)–C–C–N with tert-alkyl or cyclic N) is 1. The van der Waals surface area contributed by atoms with Crippen LogP contribution in [0.25, 0.3) is 10.4 Å². The van der Waals surface area contributed by atoms with E-state index in [1.165, 1.54) is 10.5 Å². The number of hydrogen-bond acceptors (Lipinski definition) is 7. The number of hydrogen-bond donors (Lipinski definition) is 4. The van der Waals surface area contributed by atoms with Crippen LogP contribution in [0.3, 0.4) is 0 Å². The van der Waals surface area contributed by atoms with E-state index < -0.39 is 23.6 Å². The van der Waals surface area contributed by atoms with E-state index in [1.807, 2.05) is 76.5 Å². The summed E-state index contributed by atoms with van der Waals surface area (Å²) in [5, 5.41) is 19.9. The van der Waals surface area contributed by atoms with Gasteiger partial charge in [-0.05, 0) is 66.6 Å². The molecular weight excluding hydrogens is 562 g/mol. The molecule has 43 heavy (non-hydrogen) atoms. The van der Waals surface area contributed by atoms with Crippen molar-refractivity contribution >= 4 is 29.1 Å². The largest absolute Gasteiger partial charge is 0.391 e. The number of amides is 3. The first-order valence-electron chi connectivity index (χ1n) is 14.8. The van der Waals surface area contributed by atoms with Gasteiger partial charge >= 0.3 is 0 Å². The van der Waals surface area contributed by atoms with E-state index in [9.17, 15) is 19.5 Å². The van der Waals surface area contributed by atoms with Crippen molar-refractivity contribution in [2.24, 2.45) is 5.41 Å². The van der Waals surface area contributed by atoms with E-state index in [1.54, 1.807) is 17.4 Å². The number of likely N-dealkylation sites (tertiary alicyclic amines) is 1. The number of rotatable bonds is 7. The zero-order valence-corrected chi connectivity index (χ0v) is 26.3. The van der Waals surface area contributed by atoms with Gasteiger partial charge in [0.25, 0.3) is 5.91 Å². The fourth-order valence-electron chi connectivity index (χ4n) is 5.85. The lowest BCUT2D eigenvalue weighted by Gasteiger charge is -2.35. The summed E-state index contributed by atoms with van der Waals surface area (Å²) in [5.74, 6) is -1.05. The van der Waals surface area contributed by atoms with E-state index in [2.05, 4.69) is 20.9 Å². The second-order valence-corrected chi connectivity index (χ2v) is 13.6.